The topological polar surface area (TPSA) is 20.2 Å². The first-order valence-electron chi connectivity index (χ1n) is 3.59. The summed E-state index contributed by atoms with van der Waals surface area (Å²) in [7, 11) is 0. The van der Waals surface area contributed by atoms with E-state index in [9.17, 15) is 0 Å². The van der Waals surface area contributed by atoms with E-state index in [0.717, 1.165) is 11.5 Å². The monoisotopic (exact) mass is 126 g/mol. The van der Waals surface area contributed by atoms with Gasteiger partial charge in [-0.3, -0.25) is 0 Å². The molecule has 1 nitrogen and oxygen atoms in total. The molecule has 0 spiro atoms. The Morgan fingerprint density at radius 1 is 1.67 bits per heavy atom. The summed E-state index contributed by atoms with van der Waals surface area (Å²) in [4.78, 5) is 0. The van der Waals surface area contributed by atoms with Crippen LogP contribution in [-0.2, 0) is 0 Å². The van der Waals surface area contributed by atoms with Crippen LogP contribution in [0.4, 0.5) is 0 Å². The van der Waals surface area contributed by atoms with Gasteiger partial charge in [-0.05, 0) is 32.1 Å². The second-order valence-electron chi connectivity index (χ2n) is 2.89. The Kier molecular flexibility index (Phi) is 2.29. The van der Waals surface area contributed by atoms with Crippen LogP contribution in [0.15, 0.2) is 11.6 Å². The van der Waals surface area contributed by atoms with Crippen molar-refractivity contribution in [3.05, 3.63) is 11.6 Å². The highest BCUT2D eigenvalue weighted by Gasteiger charge is 2.18. The van der Waals surface area contributed by atoms with E-state index in [1.807, 2.05) is 6.92 Å². The Morgan fingerprint density at radius 3 is 2.78 bits per heavy atom. The fourth-order valence-electron chi connectivity index (χ4n) is 0.786. The Bertz CT molecular complexity index is 112. The van der Waals surface area contributed by atoms with Crippen LogP contribution in [0.3, 0.4) is 0 Å². The van der Waals surface area contributed by atoms with Crippen molar-refractivity contribution >= 4 is 0 Å². The third-order valence-corrected chi connectivity index (χ3v) is 1.75. The first kappa shape index (κ1) is 6.81. The van der Waals surface area contributed by atoms with E-state index in [1.165, 1.54) is 19.3 Å². The zero-order valence-electron chi connectivity index (χ0n) is 5.93. The van der Waals surface area contributed by atoms with Crippen LogP contribution < -0.4 is 0 Å². The molecule has 1 saturated carbocycles. The van der Waals surface area contributed by atoms with Crippen molar-refractivity contribution in [3.63, 3.8) is 0 Å². The first-order chi connectivity index (χ1) is 4.33. The van der Waals surface area contributed by atoms with E-state index in [4.69, 9.17) is 5.11 Å². The maximum atomic E-state index is 8.60. The molecule has 0 aromatic heterocycles. The highest BCUT2D eigenvalue weighted by Crippen LogP contribution is 2.32. The lowest BCUT2D eigenvalue weighted by molar-refractivity contribution is 0.331. The van der Waals surface area contributed by atoms with Crippen molar-refractivity contribution in [3.8, 4) is 0 Å². The van der Waals surface area contributed by atoms with Gasteiger partial charge < -0.3 is 5.11 Å². The molecule has 1 heteroatoms. The molecular weight excluding hydrogens is 112 g/mol. The zero-order chi connectivity index (χ0) is 6.69. The predicted molar refractivity (Wildman–Crippen MR) is 38.2 cm³/mol. The lowest BCUT2D eigenvalue weighted by atomic mass is 10.2. The van der Waals surface area contributed by atoms with Crippen LogP contribution in [0.1, 0.15) is 26.2 Å². The van der Waals surface area contributed by atoms with Crippen molar-refractivity contribution in [1.29, 1.82) is 0 Å². The van der Waals surface area contributed by atoms with Crippen LogP contribution in [0, 0.1) is 5.92 Å². The SMILES string of the molecule is CC(=CCC1CC1)CO. The molecule has 1 aliphatic rings. The van der Waals surface area contributed by atoms with Gasteiger partial charge in [0.1, 0.15) is 0 Å². The predicted octanol–water partition coefficient (Wildman–Crippen LogP) is 1.73. The number of hydrogen-bond donors (Lipinski definition) is 1. The van der Waals surface area contributed by atoms with Gasteiger partial charge in [-0.15, -0.1) is 0 Å². The van der Waals surface area contributed by atoms with Crippen molar-refractivity contribution in [2.45, 2.75) is 26.2 Å². The third kappa shape index (κ3) is 2.66. The number of aliphatic hydroxyl groups excluding tert-OH is 1. The van der Waals surface area contributed by atoms with E-state index in [0.29, 0.717) is 0 Å². The summed E-state index contributed by atoms with van der Waals surface area (Å²) in [6.07, 6.45) is 6.13. The molecule has 1 N–H and O–H groups in total. The average molecular weight is 126 g/mol. The summed E-state index contributed by atoms with van der Waals surface area (Å²) < 4.78 is 0. The molecular formula is C8H14O. The van der Waals surface area contributed by atoms with Crippen LogP contribution in [0.25, 0.3) is 0 Å². The molecule has 0 aromatic rings. The molecule has 1 rings (SSSR count). The first-order valence-corrected chi connectivity index (χ1v) is 3.59. The van der Waals surface area contributed by atoms with E-state index in [-0.39, 0.29) is 6.61 Å². The quantitative estimate of drug-likeness (QED) is 0.571. The molecule has 9 heavy (non-hydrogen) atoms. The second kappa shape index (κ2) is 3.02. The largest absolute Gasteiger partial charge is 0.392 e. The molecule has 1 aliphatic carbocycles. The standard InChI is InChI=1S/C8H14O/c1-7(6-9)2-3-8-4-5-8/h2,8-9H,3-6H2,1H3. The molecule has 52 valence electrons. The highest BCUT2D eigenvalue weighted by atomic mass is 16.3. The molecule has 0 saturated heterocycles. The lowest BCUT2D eigenvalue weighted by Gasteiger charge is -1.92. The second-order valence-corrected chi connectivity index (χ2v) is 2.89. The van der Waals surface area contributed by atoms with Crippen molar-refractivity contribution < 1.29 is 5.11 Å². The van der Waals surface area contributed by atoms with Gasteiger partial charge in [-0.2, -0.15) is 0 Å². The van der Waals surface area contributed by atoms with Gasteiger partial charge in [0.15, 0.2) is 0 Å². The minimum Gasteiger partial charge on any atom is -0.392 e. The van der Waals surface area contributed by atoms with Crippen molar-refractivity contribution in [2.24, 2.45) is 5.92 Å². The normalized spacial score (nSPS) is 20.4. The van der Waals surface area contributed by atoms with Crippen LogP contribution in [-0.4, -0.2) is 11.7 Å². The summed E-state index contributed by atoms with van der Waals surface area (Å²) in [5.41, 5.74) is 1.11. The van der Waals surface area contributed by atoms with E-state index >= 15 is 0 Å². The summed E-state index contributed by atoms with van der Waals surface area (Å²) in [5.74, 6) is 0.950. The van der Waals surface area contributed by atoms with Gasteiger partial charge in [0.2, 0.25) is 0 Å². The van der Waals surface area contributed by atoms with E-state index in [1.54, 1.807) is 0 Å². The number of rotatable bonds is 3. The molecule has 0 aromatic carbocycles. The Hall–Kier alpha value is -0.300. The zero-order valence-corrected chi connectivity index (χ0v) is 5.93. The van der Waals surface area contributed by atoms with Gasteiger partial charge in [0.25, 0.3) is 0 Å². The van der Waals surface area contributed by atoms with Crippen LogP contribution in [0.5, 0.6) is 0 Å². The molecule has 0 aliphatic heterocycles. The van der Waals surface area contributed by atoms with Gasteiger partial charge in [-0.1, -0.05) is 11.6 Å². The molecule has 0 unspecified atom stereocenters. The Balaban J connectivity index is 2.12. The third-order valence-electron chi connectivity index (χ3n) is 1.75. The maximum Gasteiger partial charge on any atom is 0.0639 e. The van der Waals surface area contributed by atoms with Gasteiger partial charge in [0, 0.05) is 0 Å². The molecule has 0 radical (unpaired) electrons. The number of aliphatic hydroxyl groups is 1. The number of hydrogen-bond acceptors (Lipinski definition) is 1. The Labute approximate surface area is 56.4 Å². The molecule has 0 bridgehead atoms. The molecule has 0 atom stereocenters. The fraction of sp³-hybridized carbons (Fsp3) is 0.750. The highest BCUT2D eigenvalue weighted by molar-refractivity contribution is 4.99. The van der Waals surface area contributed by atoms with E-state index < -0.39 is 0 Å². The average Bonchev–Trinajstić information content (AvgIpc) is 2.65. The van der Waals surface area contributed by atoms with Crippen molar-refractivity contribution in [1.82, 2.24) is 0 Å². The van der Waals surface area contributed by atoms with Gasteiger partial charge in [0.05, 0.1) is 6.61 Å². The lowest BCUT2D eigenvalue weighted by Crippen LogP contribution is -1.83. The minimum absolute atomic E-state index is 0.229. The minimum atomic E-state index is 0.229. The van der Waals surface area contributed by atoms with E-state index in [2.05, 4.69) is 6.08 Å². The maximum absolute atomic E-state index is 8.60. The van der Waals surface area contributed by atoms with Crippen LogP contribution in [0.2, 0.25) is 0 Å². The molecule has 1 fully saturated rings. The van der Waals surface area contributed by atoms with Gasteiger partial charge >= 0.3 is 0 Å². The smallest absolute Gasteiger partial charge is 0.0639 e. The summed E-state index contributed by atoms with van der Waals surface area (Å²) in [6, 6.07) is 0. The van der Waals surface area contributed by atoms with Crippen LogP contribution >= 0.6 is 0 Å². The summed E-state index contributed by atoms with van der Waals surface area (Å²) in [5, 5.41) is 8.60. The molecule has 0 heterocycles. The Morgan fingerprint density at radius 2 is 2.33 bits per heavy atom. The fourth-order valence-corrected chi connectivity index (χ4v) is 0.786. The van der Waals surface area contributed by atoms with Crippen molar-refractivity contribution in [2.75, 3.05) is 6.61 Å². The summed E-state index contributed by atoms with van der Waals surface area (Å²) >= 11 is 0. The molecule has 0 amide bonds. The van der Waals surface area contributed by atoms with Gasteiger partial charge in [-0.25, -0.2) is 0 Å². The summed E-state index contributed by atoms with van der Waals surface area (Å²) in [6.45, 7) is 2.20. The number of allylic oxidation sites excluding steroid dienone is 1.